The summed E-state index contributed by atoms with van der Waals surface area (Å²) >= 11 is 7.15. The van der Waals surface area contributed by atoms with Crippen LogP contribution in [-0.4, -0.2) is 39.8 Å². The van der Waals surface area contributed by atoms with Gasteiger partial charge in [-0.15, -0.1) is 10.2 Å². The zero-order chi connectivity index (χ0) is 16.1. The van der Waals surface area contributed by atoms with Gasteiger partial charge in [0.1, 0.15) is 0 Å². The van der Waals surface area contributed by atoms with Crippen molar-refractivity contribution in [2.75, 3.05) is 18.8 Å². The molecular formula is C16H18ClN3O2S. The summed E-state index contributed by atoms with van der Waals surface area (Å²) in [4.78, 5) is 14.2. The summed E-state index contributed by atoms with van der Waals surface area (Å²) in [6.07, 6.45) is 4.62. The summed E-state index contributed by atoms with van der Waals surface area (Å²) in [5, 5.41) is 9.08. The molecule has 122 valence electrons. The number of amides is 1. The third-order valence-electron chi connectivity index (χ3n) is 3.78. The highest BCUT2D eigenvalue weighted by Crippen LogP contribution is 2.24. The summed E-state index contributed by atoms with van der Waals surface area (Å²) in [5.41, 5.74) is 0.813. The van der Waals surface area contributed by atoms with Crippen molar-refractivity contribution >= 4 is 29.3 Å². The fraction of sp³-hybridized carbons (Fsp3) is 0.438. The summed E-state index contributed by atoms with van der Waals surface area (Å²) in [6.45, 7) is 1.72. The summed E-state index contributed by atoms with van der Waals surface area (Å²) in [7, 11) is 0. The van der Waals surface area contributed by atoms with Gasteiger partial charge in [-0.3, -0.25) is 4.79 Å². The molecule has 0 aliphatic carbocycles. The Hall–Kier alpha value is -1.53. The Labute approximate surface area is 144 Å². The molecule has 0 saturated carbocycles. The minimum atomic E-state index is 0.142. The van der Waals surface area contributed by atoms with E-state index in [9.17, 15) is 4.79 Å². The minimum absolute atomic E-state index is 0.142. The van der Waals surface area contributed by atoms with E-state index in [-0.39, 0.29) is 5.91 Å². The van der Waals surface area contributed by atoms with E-state index < -0.39 is 0 Å². The van der Waals surface area contributed by atoms with Crippen LogP contribution >= 0.6 is 23.4 Å². The number of nitrogens with zero attached hydrogens (tertiary/aromatic N) is 3. The molecule has 1 amide bonds. The molecule has 1 saturated heterocycles. The van der Waals surface area contributed by atoms with Gasteiger partial charge in [-0.2, -0.15) is 0 Å². The van der Waals surface area contributed by atoms with E-state index in [1.165, 1.54) is 24.6 Å². The number of likely N-dealkylation sites (tertiary alicyclic amines) is 1. The Morgan fingerprint density at radius 1 is 1.13 bits per heavy atom. The Balaban J connectivity index is 1.56. The highest BCUT2D eigenvalue weighted by molar-refractivity contribution is 7.99. The Morgan fingerprint density at radius 2 is 1.83 bits per heavy atom. The van der Waals surface area contributed by atoms with Crippen LogP contribution in [0.25, 0.3) is 11.5 Å². The van der Waals surface area contributed by atoms with Crippen LogP contribution in [-0.2, 0) is 4.79 Å². The monoisotopic (exact) mass is 351 g/mol. The Morgan fingerprint density at radius 3 is 2.52 bits per heavy atom. The molecule has 0 radical (unpaired) electrons. The topological polar surface area (TPSA) is 59.2 Å². The standard InChI is InChI=1S/C16H18ClN3O2S/c17-13-7-5-12(6-8-13)15-18-19-16(22-15)23-11-14(21)20-9-3-1-2-4-10-20/h5-8H,1-4,9-11H2. The summed E-state index contributed by atoms with van der Waals surface area (Å²) in [6, 6.07) is 7.20. The van der Waals surface area contributed by atoms with Crippen molar-refractivity contribution in [1.82, 2.24) is 15.1 Å². The van der Waals surface area contributed by atoms with E-state index in [0.29, 0.717) is 21.9 Å². The van der Waals surface area contributed by atoms with Gasteiger partial charge in [0.2, 0.25) is 11.8 Å². The maximum atomic E-state index is 12.2. The second-order valence-electron chi connectivity index (χ2n) is 5.46. The molecule has 3 rings (SSSR count). The Bertz CT molecular complexity index is 652. The van der Waals surface area contributed by atoms with Gasteiger partial charge in [0, 0.05) is 23.7 Å². The van der Waals surface area contributed by atoms with E-state index in [4.69, 9.17) is 16.0 Å². The predicted molar refractivity (Wildman–Crippen MR) is 90.5 cm³/mol. The molecule has 0 unspecified atom stereocenters. The van der Waals surface area contributed by atoms with E-state index in [1.54, 1.807) is 12.1 Å². The molecule has 0 spiro atoms. The molecule has 1 aromatic heterocycles. The van der Waals surface area contributed by atoms with Gasteiger partial charge in [-0.1, -0.05) is 36.2 Å². The average Bonchev–Trinajstić information content (AvgIpc) is 2.86. The second-order valence-corrected chi connectivity index (χ2v) is 6.83. The average molecular weight is 352 g/mol. The highest BCUT2D eigenvalue weighted by atomic mass is 35.5. The van der Waals surface area contributed by atoms with Crippen LogP contribution in [0.5, 0.6) is 0 Å². The zero-order valence-corrected chi connectivity index (χ0v) is 14.3. The van der Waals surface area contributed by atoms with Gasteiger partial charge >= 0.3 is 0 Å². The first-order valence-electron chi connectivity index (χ1n) is 7.72. The number of rotatable bonds is 4. The number of benzene rings is 1. The van der Waals surface area contributed by atoms with Crippen molar-refractivity contribution in [3.05, 3.63) is 29.3 Å². The molecule has 0 bridgehead atoms. The van der Waals surface area contributed by atoms with Crippen molar-refractivity contribution in [3.63, 3.8) is 0 Å². The maximum Gasteiger partial charge on any atom is 0.277 e. The smallest absolute Gasteiger partial charge is 0.277 e. The zero-order valence-electron chi connectivity index (χ0n) is 12.7. The normalized spacial score (nSPS) is 15.4. The summed E-state index contributed by atoms with van der Waals surface area (Å²) in [5.74, 6) is 0.914. The number of carbonyl (C=O) groups excluding carboxylic acids is 1. The lowest BCUT2D eigenvalue weighted by molar-refractivity contribution is -0.128. The van der Waals surface area contributed by atoms with Crippen molar-refractivity contribution in [2.24, 2.45) is 0 Å². The Kier molecular flexibility index (Phi) is 5.56. The van der Waals surface area contributed by atoms with Crippen LogP contribution in [0.3, 0.4) is 0 Å². The first-order valence-corrected chi connectivity index (χ1v) is 9.09. The molecule has 1 aromatic carbocycles. The molecule has 1 fully saturated rings. The van der Waals surface area contributed by atoms with Gasteiger partial charge in [0.25, 0.3) is 5.22 Å². The maximum absolute atomic E-state index is 12.2. The van der Waals surface area contributed by atoms with E-state index in [0.717, 1.165) is 31.5 Å². The molecule has 0 atom stereocenters. The van der Waals surface area contributed by atoms with Gasteiger partial charge < -0.3 is 9.32 Å². The number of hydrogen-bond donors (Lipinski definition) is 0. The fourth-order valence-electron chi connectivity index (χ4n) is 2.51. The molecule has 0 N–H and O–H groups in total. The van der Waals surface area contributed by atoms with Gasteiger partial charge in [-0.25, -0.2) is 0 Å². The lowest BCUT2D eigenvalue weighted by atomic mass is 10.2. The van der Waals surface area contributed by atoms with Crippen molar-refractivity contribution < 1.29 is 9.21 Å². The molecule has 23 heavy (non-hydrogen) atoms. The van der Waals surface area contributed by atoms with Crippen molar-refractivity contribution in [3.8, 4) is 11.5 Å². The SMILES string of the molecule is O=C(CSc1nnc(-c2ccc(Cl)cc2)o1)N1CCCCCC1. The lowest BCUT2D eigenvalue weighted by Crippen LogP contribution is -2.33. The van der Waals surface area contributed by atoms with Crippen molar-refractivity contribution in [1.29, 1.82) is 0 Å². The number of carbonyl (C=O) groups is 1. The van der Waals surface area contributed by atoms with Crippen LogP contribution < -0.4 is 0 Å². The molecule has 2 aromatic rings. The number of aromatic nitrogens is 2. The molecular weight excluding hydrogens is 334 g/mol. The predicted octanol–water partition coefficient (Wildman–Crippen LogP) is 3.88. The van der Waals surface area contributed by atoms with Gasteiger partial charge in [0.15, 0.2) is 0 Å². The van der Waals surface area contributed by atoms with Crippen LogP contribution in [0.15, 0.2) is 33.9 Å². The third-order valence-corrected chi connectivity index (χ3v) is 4.83. The number of thioether (sulfide) groups is 1. The molecule has 5 nitrogen and oxygen atoms in total. The largest absolute Gasteiger partial charge is 0.411 e. The van der Waals surface area contributed by atoms with E-state index in [2.05, 4.69) is 10.2 Å². The molecule has 1 aliphatic rings. The molecule has 7 heteroatoms. The van der Waals surface area contributed by atoms with Crippen LogP contribution in [0.4, 0.5) is 0 Å². The number of halogens is 1. The highest BCUT2D eigenvalue weighted by Gasteiger charge is 2.17. The van der Waals surface area contributed by atoms with Crippen molar-refractivity contribution in [2.45, 2.75) is 30.9 Å². The van der Waals surface area contributed by atoms with Gasteiger partial charge in [0.05, 0.1) is 5.75 Å². The van der Waals surface area contributed by atoms with E-state index in [1.807, 2.05) is 17.0 Å². The lowest BCUT2D eigenvalue weighted by Gasteiger charge is -2.19. The van der Waals surface area contributed by atoms with Gasteiger partial charge in [-0.05, 0) is 37.1 Å². The van der Waals surface area contributed by atoms with Crippen LogP contribution in [0.1, 0.15) is 25.7 Å². The minimum Gasteiger partial charge on any atom is -0.411 e. The molecule has 2 heterocycles. The third kappa shape index (κ3) is 4.48. The van der Waals surface area contributed by atoms with Crippen LogP contribution in [0, 0.1) is 0 Å². The fourth-order valence-corrected chi connectivity index (χ4v) is 3.30. The molecule has 1 aliphatic heterocycles. The number of hydrogen-bond acceptors (Lipinski definition) is 5. The van der Waals surface area contributed by atoms with E-state index >= 15 is 0 Å². The quantitative estimate of drug-likeness (QED) is 0.782. The first-order chi connectivity index (χ1) is 11.2. The van der Waals surface area contributed by atoms with Crippen LogP contribution in [0.2, 0.25) is 5.02 Å². The first kappa shape index (κ1) is 16.3. The second kappa shape index (κ2) is 7.84. The summed E-state index contributed by atoms with van der Waals surface area (Å²) < 4.78 is 5.60.